The van der Waals surface area contributed by atoms with Crippen LogP contribution in [0.5, 0.6) is 0 Å². The molecule has 0 heterocycles. The zero-order valence-corrected chi connectivity index (χ0v) is 10.7. The molecule has 5 nitrogen and oxygen atoms in total. The van der Waals surface area contributed by atoms with Gasteiger partial charge in [0.05, 0.1) is 6.61 Å². The number of rotatable bonds is 9. The number of ether oxygens (including phenoxy) is 2. The van der Waals surface area contributed by atoms with Crippen molar-refractivity contribution in [1.29, 1.82) is 0 Å². The van der Waals surface area contributed by atoms with Crippen molar-refractivity contribution in [3.8, 4) is 0 Å². The average molecular weight is 231 g/mol. The molecule has 0 saturated carbocycles. The van der Waals surface area contributed by atoms with Crippen molar-refractivity contribution >= 4 is 5.96 Å². The summed E-state index contributed by atoms with van der Waals surface area (Å²) in [6.07, 6.45) is 0.953. The number of guanidine groups is 1. The first-order valence-electron chi connectivity index (χ1n) is 5.94. The maximum atomic E-state index is 5.24. The van der Waals surface area contributed by atoms with E-state index < -0.39 is 0 Å². The number of nitrogens with zero attached hydrogens (tertiary/aromatic N) is 1. The van der Waals surface area contributed by atoms with Crippen LogP contribution in [0.4, 0.5) is 0 Å². The largest absolute Gasteiger partial charge is 0.383 e. The summed E-state index contributed by atoms with van der Waals surface area (Å²) in [6, 6.07) is 0. The maximum Gasteiger partial charge on any atom is 0.191 e. The van der Waals surface area contributed by atoms with Crippen molar-refractivity contribution in [3.05, 3.63) is 0 Å². The predicted molar refractivity (Wildman–Crippen MR) is 67.0 cm³/mol. The van der Waals surface area contributed by atoms with Gasteiger partial charge in [-0.25, -0.2) is 0 Å². The number of nitrogens with one attached hydrogen (secondary N) is 2. The molecule has 0 aliphatic rings. The minimum absolute atomic E-state index is 0.684. The van der Waals surface area contributed by atoms with E-state index in [0.29, 0.717) is 6.61 Å². The van der Waals surface area contributed by atoms with Crippen LogP contribution in [0.1, 0.15) is 20.3 Å². The molecule has 0 radical (unpaired) electrons. The van der Waals surface area contributed by atoms with Crippen LogP contribution in [0.3, 0.4) is 0 Å². The molecule has 0 aromatic heterocycles. The molecular formula is C11H25N3O2. The van der Waals surface area contributed by atoms with E-state index >= 15 is 0 Å². The molecule has 0 saturated heterocycles. The minimum Gasteiger partial charge on any atom is -0.383 e. The van der Waals surface area contributed by atoms with Gasteiger partial charge in [0, 0.05) is 40.0 Å². The van der Waals surface area contributed by atoms with E-state index in [0.717, 1.165) is 45.2 Å². The summed E-state index contributed by atoms with van der Waals surface area (Å²) in [4.78, 5) is 4.42. The first kappa shape index (κ1) is 15.2. The van der Waals surface area contributed by atoms with Crippen LogP contribution >= 0.6 is 0 Å². The fraction of sp³-hybridized carbons (Fsp3) is 0.909. The zero-order valence-electron chi connectivity index (χ0n) is 10.7. The summed E-state index contributed by atoms with van der Waals surface area (Å²) in [5.41, 5.74) is 0. The van der Waals surface area contributed by atoms with Gasteiger partial charge in [0.1, 0.15) is 0 Å². The summed E-state index contributed by atoms with van der Waals surface area (Å²) >= 11 is 0. The second-order valence-electron chi connectivity index (χ2n) is 3.23. The lowest BCUT2D eigenvalue weighted by atomic mass is 10.4. The molecule has 0 aliphatic heterocycles. The Balaban J connectivity index is 3.66. The molecule has 0 aliphatic carbocycles. The Bertz CT molecular complexity index is 175. The fourth-order valence-electron chi connectivity index (χ4n) is 1.12. The third kappa shape index (κ3) is 9.73. The highest BCUT2D eigenvalue weighted by Crippen LogP contribution is 1.84. The number of methoxy groups -OCH3 is 1. The Morgan fingerprint density at radius 2 is 2.00 bits per heavy atom. The van der Waals surface area contributed by atoms with E-state index in [2.05, 4.69) is 15.6 Å². The monoisotopic (exact) mass is 231 g/mol. The Morgan fingerprint density at radius 1 is 1.19 bits per heavy atom. The summed E-state index contributed by atoms with van der Waals surface area (Å²) in [5.74, 6) is 0.844. The van der Waals surface area contributed by atoms with Crippen LogP contribution in [0.15, 0.2) is 4.99 Å². The van der Waals surface area contributed by atoms with E-state index in [-0.39, 0.29) is 0 Å². The number of hydrogen-bond acceptors (Lipinski definition) is 3. The molecule has 2 N–H and O–H groups in total. The van der Waals surface area contributed by atoms with Crippen LogP contribution in [0, 0.1) is 0 Å². The Labute approximate surface area is 98.6 Å². The molecule has 96 valence electrons. The normalized spacial score (nSPS) is 11.6. The Hall–Kier alpha value is -0.810. The van der Waals surface area contributed by atoms with Crippen molar-refractivity contribution in [2.24, 2.45) is 4.99 Å². The maximum absolute atomic E-state index is 5.24. The van der Waals surface area contributed by atoms with E-state index in [1.807, 2.05) is 13.8 Å². The minimum atomic E-state index is 0.684. The number of hydrogen-bond donors (Lipinski definition) is 2. The highest BCUT2D eigenvalue weighted by molar-refractivity contribution is 5.79. The van der Waals surface area contributed by atoms with E-state index in [9.17, 15) is 0 Å². The predicted octanol–water partition coefficient (Wildman–Crippen LogP) is 0.615. The van der Waals surface area contributed by atoms with Gasteiger partial charge in [0.2, 0.25) is 0 Å². The highest BCUT2D eigenvalue weighted by atomic mass is 16.5. The molecule has 16 heavy (non-hydrogen) atoms. The third-order valence-electron chi connectivity index (χ3n) is 1.86. The van der Waals surface area contributed by atoms with Gasteiger partial charge < -0.3 is 20.1 Å². The van der Waals surface area contributed by atoms with Gasteiger partial charge in [0.15, 0.2) is 5.96 Å². The lowest BCUT2D eigenvalue weighted by Gasteiger charge is -2.10. The second kappa shape index (κ2) is 12.3. The quantitative estimate of drug-likeness (QED) is 0.347. The average Bonchev–Trinajstić information content (AvgIpc) is 2.29. The van der Waals surface area contributed by atoms with Gasteiger partial charge in [-0.1, -0.05) is 0 Å². The van der Waals surface area contributed by atoms with Crippen molar-refractivity contribution in [3.63, 3.8) is 0 Å². The molecule has 5 heteroatoms. The van der Waals surface area contributed by atoms with Crippen molar-refractivity contribution in [1.82, 2.24) is 10.6 Å². The Kier molecular flexibility index (Phi) is 11.6. The van der Waals surface area contributed by atoms with Gasteiger partial charge >= 0.3 is 0 Å². The SMILES string of the molecule is CCNC(=NCCCOCC)NCCOC. The molecule has 0 rings (SSSR count). The number of aliphatic imine (C=N–C) groups is 1. The Morgan fingerprint density at radius 3 is 2.62 bits per heavy atom. The summed E-state index contributed by atoms with van der Waals surface area (Å²) in [6.45, 7) is 8.70. The van der Waals surface area contributed by atoms with Crippen LogP contribution in [-0.4, -0.2) is 52.5 Å². The van der Waals surface area contributed by atoms with Crippen LogP contribution in [0.2, 0.25) is 0 Å². The smallest absolute Gasteiger partial charge is 0.191 e. The van der Waals surface area contributed by atoms with E-state index in [1.165, 1.54) is 0 Å². The van der Waals surface area contributed by atoms with Crippen LogP contribution < -0.4 is 10.6 Å². The fourth-order valence-corrected chi connectivity index (χ4v) is 1.12. The van der Waals surface area contributed by atoms with Gasteiger partial charge in [0.25, 0.3) is 0 Å². The van der Waals surface area contributed by atoms with Crippen molar-refractivity contribution in [2.75, 3.05) is 46.6 Å². The second-order valence-corrected chi connectivity index (χ2v) is 3.23. The molecule has 0 spiro atoms. The first-order valence-corrected chi connectivity index (χ1v) is 5.94. The lowest BCUT2D eigenvalue weighted by Crippen LogP contribution is -2.39. The highest BCUT2D eigenvalue weighted by Gasteiger charge is 1.95. The topological polar surface area (TPSA) is 54.9 Å². The standard InChI is InChI=1S/C11H25N3O2/c1-4-12-11(14-8-10-15-3)13-7-6-9-16-5-2/h4-10H2,1-3H3,(H2,12,13,14). The molecule has 0 unspecified atom stereocenters. The first-order chi connectivity index (χ1) is 7.85. The van der Waals surface area contributed by atoms with Crippen molar-refractivity contribution in [2.45, 2.75) is 20.3 Å². The van der Waals surface area contributed by atoms with Gasteiger partial charge in [-0.3, -0.25) is 4.99 Å². The summed E-state index contributed by atoms with van der Waals surface area (Å²) < 4.78 is 10.2. The summed E-state index contributed by atoms with van der Waals surface area (Å²) in [7, 11) is 1.69. The molecule has 0 aromatic rings. The zero-order chi connectivity index (χ0) is 12.1. The third-order valence-corrected chi connectivity index (χ3v) is 1.86. The molecule has 0 amide bonds. The molecule has 0 atom stereocenters. The van der Waals surface area contributed by atoms with E-state index in [4.69, 9.17) is 9.47 Å². The molecule has 0 fully saturated rings. The van der Waals surface area contributed by atoms with Gasteiger partial charge in [-0.05, 0) is 20.3 Å². The molecule has 0 bridgehead atoms. The van der Waals surface area contributed by atoms with Crippen LogP contribution in [0.25, 0.3) is 0 Å². The van der Waals surface area contributed by atoms with Crippen molar-refractivity contribution < 1.29 is 9.47 Å². The lowest BCUT2D eigenvalue weighted by molar-refractivity contribution is 0.146. The van der Waals surface area contributed by atoms with Gasteiger partial charge in [-0.15, -0.1) is 0 Å². The molecule has 0 aromatic carbocycles. The van der Waals surface area contributed by atoms with E-state index in [1.54, 1.807) is 7.11 Å². The summed E-state index contributed by atoms with van der Waals surface area (Å²) in [5, 5.41) is 6.36. The van der Waals surface area contributed by atoms with Crippen LogP contribution in [-0.2, 0) is 9.47 Å². The van der Waals surface area contributed by atoms with Gasteiger partial charge in [-0.2, -0.15) is 0 Å². The molecular weight excluding hydrogens is 206 g/mol.